The summed E-state index contributed by atoms with van der Waals surface area (Å²) in [6.07, 6.45) is 4.33. The zero-order valence-corrected chi connectivity index (χ0v) is 12.8. The van der Waals surface area contributed by atoms with E-state index in [9.17, 15) is 0 Å². The molecule has 0 aromatic carbocycles. The van der Waals surface area contributed by atoms with Crippen molar-refractivity contribution in [2.24, 2.45) is 0 Å². The van der Waals surface area contributed by atoms with Crippen LogP contribution < -0.4 is 4.74 Å². The van der Waals surface area contributed by atoms with E-state index in [1.165, 1.54) is 0 Å². The van der Waals surface area contributed by atoms with Crippen LogP contribution in [0.15, 0.2) is 18.3 Å². The van der Waals surface area contributed by atoms with Crippen molar-refractivity contribution in [3.8, 4) is 5.75 Å². The lowest BCUT2D eigenvalue weighted by Gasteiger charge is -2.31. The topological polar surface area (TPSA) is 34.6 Å². The van der Waals surface area contributed by atoms with Gasteiger partial charge >= 0.3 is 0 Å². The van der Waals surface area contributed by atoms with Crippen LogP contribution in [-0.2, 0) is 4.74 Å². The van der Waals surface area contributed by atoms with Crippen molar-refractivity contribution >= 4 is 0 Å². The normalized spacial score (nSPS) is 17.6. The van der Waals surface area contributed by atoms with Crippen LogP contribution in [0.2, 0.25) is 0 Å². The van der Waals surface area contributed by atoms with Crippen molar-refractivity contribution in [3.63, 3.8) is 0 Å². The van der Waals surface area contributed by atoms with Crippen molar-refractivity contribution in [2.75, 3.05) is 33.4 Å². The predicted molar refractivity (Wildman–Crippen MR) is 80.3 cm³/mol. The summed E-state index contributed by atoms with van der Waals surface area (Å²) in [5, 5.41) is 0. The predicted octanol–water partition coefficient (Wildman–Crippen LogP) is 2.69. The van der Waals surface area contributed by atoms with Gasteiger partial charge in [-0.2, -0.15) is 0 Å². The van der Waals surface area contributed by atoms with E-state index in [1.807, 2.05) is 12.3 Å². The molecule has 0 unspecified atom stereocenters. The second kappa shape index (κ2) is 7.60. The highest BCUT2D eigenvalue weighted by Gasteiger charge is 2.20. The molecule has 0 aliphatic carbocycles. The van der Waals surface area contributed by atoms with Crippen LogP contribution in [0.1, 0.15) is 38.3 Å². The largest absolute Gasteiger partial charge is 0.489 e. The van der Waals surface area contributed by atoms with Crippen molar-refractivity contribution in [1.82, 2.24) is 9.88 Å². The Balaban J connectivity index is 1.77. The fourth-order valence-corrected chi connectivity index (χ4v) is 2.47. The lowest BCUT2D eigenvalue weighted by atomic mass is 10.1. The molecule has 112 valence electrons. The van der Waals surface area contributed by atoms with Crippen LogP contribution in [-0.4, -0.2) is 49.3 Å². The number of nitrogens with zero attached hydrogens (tertiary/aromatic N) is 2. The van der Waals surface area contributed by atoms with Gasteiger partial charge in [-0.05, 0) is 30.9 Å². The summed E-state index contributed by atoms with van der Waals surface area (Å²) in [5.41, 5.74) is 1.12. The smallest absolute Gasteiger partial charge is 0.138 e. The number of likely N-dealkylation sites (tertiary alicyclic amines) is 1. The Morgan fingerprint density at radius 1 is 1.30 bits per heavy atom. The molecule has 0 N–H and O–H groups in total. The monoisotopic (exact) mass is 278 g/mol. The number of ether oxygens (including phenoxy) is 2. The molecule has 1 saturated heterocycles. The molecule has 1 aliphatic rings. The van der Waals surface area contributed by atoms with E-state index < -0.39 is 0 Å². The molecule has 0 bridgehead atoms. The molecule has 0 radical (unpaired) electrons. The molecule has 1 aromatic rings. The number of aromatic nitrogens is 1. The average Bonchev–Trinajstić information content (AvgIpc) is 2.47. The number of pyridine rings is 1. The Bertz CT molecular complexity index is 384. The second-order valence-corrected chi connectivity index (χ2v) is 5.73. The van der Waals surface area contributed by atoms with Crippen molar-refractivity contribution in [2.45, 2.75) is 38.7 Å². The third kappa shape index (κ3) is 4.46. The first-order valence-corrected chi connectivity index (χ1v) is 7.53. The van der Waals surface area contributed by atoms with E-state index >= 15 is 0 Å². The number of hydrogen-bond donors (Lipinski definition) is 0. The second-order valence-electron chi connectivity index (χ2n) is 5.73. The lowest BCUT2D eigenvalue weighted by Crippen LogP contribution is -2.39. The Kier molecular flexibility index (Phi) is 5.80. The van der Waals surface area contributed by atoms with Crippen molar-refractivity contribution in [3.05, 3.63) is 24.0 Å². The average molecular weight is 278 g/mol. The zero-order valence-electron chi connectivity index (χ0n) is 12.8. The van der Waals surface area contributed by atoms with E-state index in [0.717, 1.165) is 50.5 Å². The first kappa shape index (κ1) is 15.3. The molecule has 1 aliphatic heterocycles. The van der Waals surface area contributed by atoms with Crippen LogP contribution >= 0.6 is 0 Å². The van der Waals surface area contributed by atoms with Crippen LogP contribution in [0.4, 0.5) is 0 Å². The molecule has 2 heterocycles. The minimum Gasteiger partial charge on any atom is -0.489 e. The molecule has 0 amide bonds. The van der Waals surface area contributed by atoms with Gasteiger partial charge in [0.15, 0.2) is 0 Å². The van der Waals surface area contributed by atoms with Gasteiger partial charge in [0.1, 0.15) is 11.9 Å². The molecule has 1 aromatic heterocycles. The van der Waals surface area contributed by atoms with Gasteiger partial charge in [0.25, 0.3) is 0 Å². The van der Waals surface area contributed by atoms with Crippen LogP contribution in [0.5, 0.6) is 5.75 Å². The molecule has 0 spiro atoms. The quantitative estimate of drug-likeness (QED) is 0.801. The number of piperidine rings is 1. The highest BCUT2D eigenvalue weighted by atomic mass is 16.5. The third-order valence-corrected chi connectivity index (χ3v) is 3.80. The molecule has 20 heavy (non-hydrogen) atoms. The summed E-state index contributed by atoms with van der Waals surface area (Å²) in [4.78, 5) is 6.88. The molecule has 0 saturated carbocycles. The first-order chi connectivity index (χ1) is 9.69. The van der Waals surface area contributed by atoms with Gasteiger partial charge in [-0.15, -0.1) is 0 Å². The summed E-state index contributed by atoms with van der Waals surface area (Å²) < 4.78 is 11.1. The summed E-state index contributed by atoms with van der Waals surface area (Å²) in [7, 11) is 1.75. The van der Waals surface area contributed by atoms with Crippen LogP contribution in [0.25, 0.3) is 0 Å². The minimum absolute atomic E-state index is 0.320. The van der Waals surface area contributed by atoms with Crippen LogP contribution in [0, 0.1) is 0 Å². The van der Waals surface area contributed by atoms with E-state index in [0.29, 0.717) is 12.0 Å². The van der Waals surface area contributed by atoms with E-state index in [2.05, 4.69) is 29.8 Å². The highest BCUT2D eigenvalue weighted by Crippen LogP contribution is 2.20. The van der Waals surface area contributed by atoms with Crippen molar-refractivity contribution in [1.29, 1.82) is 0 Å². The maximum absolute atomic E-state index is 6.02. The van der Waals surface area contributed by atoms with Gasteiger partial charge in [0, 0.05) is 32.4 Å². The molecular weight excluding hydrogens is 252 g/mol. The van der Waals surface area contributed by atoms with Gasteiger partial charge in [0.05, 0.1) is 12.8 Å². The standard InChI is InChI=1S/C16H26N2O2/c1-13(2)16-5-4-15(12-17-16)20-14-6-8-18(9-7-14)10-11-19-3/h4-5,12-14H,6-11H2,1-3H3. The first-order valence-electron chi connectivity index (χ1n) is 7.53. The summed E-state index contributed by atoms with van der Waals surface area (Å²) >= 11 is 0. The number of methoxy groups -OCH3 is 1. The number of hydrogen-bond acceptors (Lipinski definition) is 4. The van der Waals surface area contributed by atoms with Gasteiger partial charge in [-0.1, -0.05) is 13.8 Å². The molecule has 4 heteroatoms. The third-order valence-electron chi connectivity index (χ3n) is 3.80. The fourth-order valence-electron chi connectivity index (χ4n) is 2.47. The number of rotatable bonds is 6. The molecule has 2 rings (SSSR count). The maximum atomic E-state index is 6.02. The lowest BCUT2D eigenvalue weighted by molar-refractivity contribution is 0.0795. The maximum Gasteiger partial charge on any atom is 0.138 e. The van der Waals surface area contributed by atoms with E-state index in [-0.39, 0.29) is 0 Å². The minimum atomic E-state index is 0.320. The van der Waals surface area contributed by atoms with Gasteiger partial charge in [0.2, 0.25) is 0 Å². The Hall–Kier alpha value is -1.13. The fraction of sp³-hybridized carbons (Fsp3) is 0.688. The van der Waals surface area contributed by atoms with E-state index in [1.54, 1.807) is 7.11 Å². The Morgan fingerprint density at radius 3 is 2.60 bits per heavy atom. The van der Waals surface area contributed by atoms with E-state index in [4.69, 9.17) is 9.47 Å². The van der Waals surface area contributed by atoms with Gasteiger partial charge in [-0.3, -0.25) is 4.98 Å². The molecular formula is C16H26N2O2. The summed E-state index contributed by atoms with van der Waals surface area (Å²) in [6.45, 7) is 8.31. The van der Waals surface area contributed by atoms with Gasteiger partial charge in [-0.25, -0.2) is 0 Å². The molecule has 0 atom stereocenters. The molecule has 4 nitrogen and oxygen atoms in total. The summed E-state index contributed by atoms with van der Waals surface area (Å²) in [5.74, 6) is 1.36. The molecule has 1 fully saturated rings. The SMILES string of the molecule is COCCN1CCC(Oc2ccc(C(C)C)nc2)CC1. The van der Waals surface area contributed by atoms with Crippen molar-refractivity contribution < 1.29 is 9.47 Å². The Labute approximate surface area is 122 Å². The van der Waals surface area contributed by atoms with Gasteiger partial charge < -0.3 is 14.4 Å². The van der Waals surface area contributed by atoms with Crippen LogP contribution in [0.3, 0.4) is 0 Å². The summed E-state index contributed by atoms with van der Waals surface area (Å²) in [6, 6.07) is 4.10. The zero-order chi connectivity index (χ0) is 14.4. The Morgan fingerprint density at radius 2 is 2.05 bits per heavy atom. The highest BCUT2D eigenvalue weighted by molar-refractivity contribution is 5.21.